The van der Waals surface area contributed by atoms with Crippen molar-refractivity contribution in [3.05, 3.63) is 24.8 Å². The Hall–Kier alpha value is -2.39. The van der Waals surface area contributed by atoms with Gasteiger partial charge in [-0.3, -0.25) is 9.11 Å². The Labute approximate surface area is 160 Å². The molecule has 0 atom stereocenters. The maximum absolute atomic E-state index is 12.7. The van der Waals surface area contributed by atoms with Crippen LogP contribution in [0.15, 0.2) is 39.5 Å². The summed E-state index contributed by atoms with van der Waals surface area (Å²) in [6.45, 7) is 3.22. The van der Waals surface area contributed by atoms with Crippen LogP contribution in [-0.2, 0) is 30.1 Å². The maximum atomic E-state index is 12.7. The first-order valence-corrected chi connectivity index (χ1v) is 11.7. The lowest BCUT2D eigenvalue weighted by molar-refractivity contribution is 0.439. The Balaban J connectivity index is 3.39. The van der Waals surface area contributed by atoms with Gasteiger partial charge in [-0.1, -0.05) is 6.08 Å². The topological polar surface area (TPSA) is 195 Å². The van der Waals surface area contributed by atoms with Crippen LogP contribution in [0.1, 0.15) is 0 Å². The number of hydrogen-bond donors (Lipinski definition) is 5. The van der Waals surface area contributed by atoms with Crippen LogP contribution in [0.3, 0.4) is 0 Å². The minimum Gasteiger partial charge on any atom is -0.507 e. The van der Waals surface area contributed by atoms with Crippen molar-refractivity contribution in [2.45, 2.75) is 14.7 Å². The van der Waals surface area contributed by atoms with E-state index in [1.54, 1.807) is 0 Å². The van der Waals surface area contributed by atoms with Crippen molar-refractivity contribution in [1.29, 1.82) is 0 Å². The molecule has 28 heavy (non-hydrogen) atoms. The number of aromatic hydroxyl groups is 2. The highest BCUT2D eigenvalue weighted by Crippen LogP contribution is 2.47. The van der Waals surface area contributed by atoms with E-state index in [4.69, 9.17) is 0 Å². The van der Waals surface area contributed by atoms with Crippen LogP contribution in [0.5, 0.6) is 11.5 Å². The van der Waals surface area contributed by atoms with Crippen LogP contribution in [0.2, 0.25) is 0 Å². The average molecular weight is 453 g/mol. The van der Waals surface area contributed by atoms with Gasteiger partial charge < -0.3 is 15.5 Å². The molecular weight excluding hydrogens is 438 g/mol. The zero-order valence-corrected chi connectivity index (χ0v) is 16.6. The fourth-order valence-electron chi connectivity index (χ4n) is 2.68. The van der Waals surface area contributed by atoms with Gasteiger partial charge in [0.2, 0.25) is 0 Å². The van der Waals surface area contributed by atoms with Crippen molar-refractivity contribution >= 4 is 46.5 Å². The third kappa shape index (κ3) is 3.64. The fourth-order valence-corrected chi connectivity index (χ4v) is 5.95. The molecule has 2 aromatic rings. The van der Waals surface area contributed by atoms with Crippen molar-refractivity contribution in [2.75, 3.05) is 18.1 Å². The van der Waals surface area contributed by atoms with Gasteiger partial charge in [0.25, 0.3) is 20.2 Å². The second kappa shape index (κ2) is 6.89. The number of fused-ring (bicyclic) bond motifs is 1. The second-order valence-corrected chi connectivity index (χ2v) is 10.3. The van der Waals surface area contributed by atoms with Crippen LogP contribution < -0.4 is 5.32 Å². The minimum absolute atomic E-state index is 0.456. The van der Waals surface area contributed by atoms with Crippen molar-refractivity contribution in [3.63, 3.8) is 0 Å². The molecule has 0 amide bonds. The molecule has 0 saturated carbocycles. The molecule has 2 aromatic carbocycles. The van der Waals surface area contributed by atoms with Gasteiger partial charge in [0.15, 0.2) is 20.5 Å². The quantitative estimate of drug-likeness (QED) is 0.235. The molecule has 0 fully saturated rings. The molecule has 0 spiro atoms. The van der Waals surface area contributed by atoms with Gasteiger partial charge >= 0.3 is 0 Å². The molecular formula is C14H15NO10S3. The Morgan fingerprint density at radius 2 is 1.57 bits per heavy atom. The summed E-state index contributed by atoms with van der Waals surface area (Å²) in [4.78, 5) is -3.53. The van der Waals surface area contributed by atoms with Crippen molar-refractivity contribution < 1.29 is 44.6 Å². The highest BCUT2D eigenvalue weighted by atomic mass is 32.2. The standard InChI is InChI=1S/C14H15NO10S3/c1-3-4-26(18,19)13-8-5-7(27(20,21)22)6-9(16)10(8)11(15-2)12(17)14(13)28(23,24)25/h3,5-6,15-17H,1,4H2,2H3,(H,20,21,22)(H,23,24,25). The van der Waals surface area contributed by atoms with E-state index in [0.717, 1.165) is 6.08 Å². The van der Waals surface area contributed by atoms with Crippen molar-refractivity contribution in [2.24, 2.45) is 0 Å². The van der Waals surface area contributed by atoms with Gasteiger partial charge in [0.1, 0.15) is 10.6 Å². The monoisotopic (exact) mass is 453 g/mol. The number of phenols is 2. The SMILES string of the molecule is C=CCS(=O)(=O)c1c(S(=O)(=O)O)c(O)c(NC)c2c(O)cc(S(=O)(=O)O)cc12. The van der Waals surface area contributed by atoms with Gasteiger partial charge in [-0.2, -0.15) is 16.8 Å². The predicted molar refractivity (Wildman–Crippen MR) is 98.7 cm³/mol. The predicted octanol–water partition coefficient (Wildman–Crippen LogP) is 0.746. The number of hydrogen-bond acceptors (Lipinski definition) is 9. The Kier molecular flexibility index (Phi) is 5.39. The van der Waals surface area contributed by atoms with Gasteiger partial charge in [-0.05, 0) is 6.07 Å². The summed E-state index contributed by atoms with van der Waals surface area (Å²) in [5.74, 6) is -2.95. The second-order valence-electron chi connectivity index (χ2n) is 5.52. The van der Waals surface area contributed by atoms with E-state index in [1.165, 1.54) is 7.05 Å². The molecule has 2 rings (SSSR count). The Morgan fingerprint density at radius 3 is 2.00 bits per heavy atom. The average Bonchev–Trinajstić information content (AvgIpc) is 2.51. The van der Waals surface area contributed by atoms with E-state index in [2.05, 4.69) is 11.9 Å². The molecule has 0 unspecified atom stereocenters. The van der Waals surface area contributed by atoms with E-state index in [1.807, 2.05) is 0 Å². The Morgan fingerprint density at radius 1 is 1.00 bits per heavy atom. The number of anilines is 1. The van der Waals surface area contributed by atoms with Gasteiger partial charge in [-0.25, -0.2) is 8.42 Å². The molecule has 0 radical (unpaired) electrons. The summed E-state index contributed by atoms with van der Waals surface area (Å²) in [6.07, 6.45) is 0.893. The molecule has 5 N–H and O–H groups in total. The molecule has 0 saturated heterocycles. The summed E-state index contributed by atoms with van der Waals surface area (Å²) in [6, 6.07) is 1.17. The number of nitrogens with one attached hydrogen (secondary N) is 1. The zero-order valence-electron chi connectivity index (χ0n) is 14.1. The van der Waals surface area contributed by atoms with E-state index >= 15 is 0 Å². The smallest absolute Gasteiger partial charge is 0.299 e. The van der Waals surface area contributed by atoms with Gasteiger partial charge in [0, 0.05) is 18.5 Å². The number of rotatable bonds is 6. The number of phenolic OH excluding ortho intramolecular Hbond substituents is 2. The van der Waals surface area contributed by atoms with Crippen molar-refractivity contribution in [1.82, 2.24) is 0 Å². The molecule has 0 aromatic heterocycles. The van der Waals surface area contributed by atoms with Crippen LogP contribution >= 0.6 is 0 Å². The largest absolute Gasteiger partial charge is 0.507 e. The van der Waals surface area contributed by atoms with Gasteiger partial charge in [-0.15, -0.1) is 6.58 Å². The summed E-state index contributed by atoms with van der Waals surface area (Å²) >= 11 is 0. The van der Waals surface area contributed by atoms with E-state index in [9.17, 15) is 44.6 Å². The van der Waals surface area contributed by atoms with Crippen LogP contribution in [0.4, 0.5) is 5.69 Å². The lowest BCUT2D eigenvalue weighted by atomic mass is 10.1. The van der Waals surface area contributed by atoms with E-state index in [0.29, 0.717) is 12.1 Å². The maximum Gasteiger partial charge on any atom is 0.299 e. The summed E-state index contributed by atoms with van der Waals surface area (Å²) in [5, 5.41) is 21.7. The third-order valence-corrected chi connectivity index (χ3v) is 7.29. The first-order chi connectivity index (χ1) is 12.7. The third-order valence-electron chi connectivity index (χ3n) is 3.70. The summed E-state index contributed by atoms with van der Waals surface area (Å²) in [5.41, 5.74) is -0.500. The minimum atomic E-state index is -5.35. The highest BCUT2D eigenvalue weighted by Gasteiger charge is 2.35. The first kappa shape index (κ1) is 21.9. The molecule has 14 heteroatoms. The van der Waals surface area contributed by atoms with Crippen LogP contribution in [-0.4, -0.2) is 57.4 Å². The van der Waals surface area contributed by atoms with E-state index < -0.39 is 78.5 Å². The number of benzene rings is 2. The lowest BCUT2D eigenvalue weighted by Crippen LogP contribution is -2.14. The van der Waals surface area contributed by atoms with E-state index in [-0.39, 0.29) is 0 Å². The highest BCUT2D eigenvalue weighted by molar-refractivity contribution is 7.93. The molecule has 0 aliphatic heterocycles. The summed E-state index contributed by atoms with van der Waals surface area (Å²) in [7, 11) is -13.7. The molecule has 154 valence electrons. The molecule has 0 bridgehead atoms. The summed E-state index contributed by atoms with van der Waals surface area (Å²) < 4.78 is 90.7. The first-order valence-electron chi connectivity index (χ1n) is 7.18. The zero-order chi connectivity index (χ0) is 21.7. The Bertz CT molecular complexity index is 1310. The molecule has 0 heterocycles. The number of sulfone groups is 1. The van der Waals surface area contributed by atoms with Gasteiger partial charge in [0.05, 0.1) is 21.7 Å². The molecule has 0 aliphatic carbocycles. The molecule has 11 nitrogen and oxygen atoms in total. The van der Waals surface area contributed by atoms with Crippen LogP contribution in [0, 0.1) is 0 Å². The molecule has 0 aliphatic rings. The fraction of sp³-hybridized carbons (Fsp3) is 0.143. The lowest BCUT2D eigenvalue weighted by Gasteiger charge is -2.18. The van der Waals surface area contributed by atoms with Crippen molar-refractivity contribution in [3.8, 4) is 11.5 Å². The van der Waals surface area contributed by atoms with Crippen LogP contribution in [0.25, 0.3) is 10.8 Å². The normalized spacial score (nSPS) is 12.8.